The monoisotopic (exact) mass is 259 g/mol. The van der Waals surface area contributed by atoms with Gasteiger partial charge in [0.25, 0.3) is 0 Å². The van der Waals surface area contributed by atoms with E-state index in [9.17, 15) is 9.59 Å². The third kappa shape index (κ3) is 8.20. The number of azide groups is 1. The average molecular weight is 259 g/mol. The molecule has 0 aromatic heterocycles. The van der Waals surface area contributed by atoms with Crippen LogP contribution < -0.4 is 11.1 Å². The molecule has 0 radical (unpaired) electrons. The van der Waals surface area contributed by atoms with E-state index in [-0.39, 0.29) is 19.6 Å². The first kappa shape index (κ1) is 16.0. The number of amides is 1. The van der Waals surface area contributed by atoms with Gasteiger partial charge < -0.3 is 20.9 Å². The summed E-state index contributed by atoms with van der Waals surface area (Å²) in [5.41, 5.74) is 13.3. The molecule has 0 saturated heterocycles. The molecule has 1 atom stereocenters. The Bertz CT molecular complexity index is 316. The van der Waals surface area contributed by atoms with Gasteiger partial charge in [0, 0.05) is 4.91 Å². The minimum atomic E-state index is -1.13. The Balaban J connectivity index is 3.95. The molecule has 0 spiro atoms. The summed E-state index contributed by atoms with van der Waals surface area (Å²) in [4.78, 5) is 24.5. The molecule has 0 fully saturated rings. The van der Waals surface area contributed by atoms with Gasteiger partial charge in [0.2, 0.25) is 0 Å². The first-order valence-corrected chi connectivity index (χ1v) is 5.48. The molecule has 1 unspecified atom stereocenters. The number of carboxylic acid groups (broad SMARTS) is 1. The number of unbranched alkanes of at least 4 members (excludes halogenated alkanes) is 1. The van der Waals surface area contributed by atoms with E-state index in [0.717, 1.165) is 0 Å². The number of nitrogens with one attached hydrogen (secondary N) is 1. The Morgan fingerprint density at radius 3 is 2.78 bits per heavy atom. The van der Waals surface area contributed by atoms with Crippen LogP contribution in [0.25, 0.3) is 10.4 Å². The highest BCUT2D eigenvalue weighted by Gasteiger charge is 2.19. The second-order valence-electron chi connectivity index (χ2n) is 3.41. The van der Waals surface area contributed by atoms with Crippen molar-refractivity contribution >= 4 is 12.1 Å². The summed E-state index contributed by atoms with van der Waals surface area (Å²) < 4.78 is 4.63. The third-order valence-electron chi connectivity index (χ3n) is 2.02. The summed E-state index contributed by atoms with van der Waals surface area (Å²) in [7, 11) is 0. The predicted octanol–water partition coefficient (Wildman–Crippen LogP) is 0.605. The number of carbonyl (C=O) groups is 2. The van der Waals surface area contributed by atoms with E-state index in [1.807, 2.05) is 0 Å². The van der Waals surface area contributed by atoms with Gasteiger partial charge in [-0.2, -0.15) is 0 Å². The van der Waals surface area contributed by atoms with Crippen LogP contribution in [-0.2, 0) is 9.53 Å². The molecule has 0 aromatic rings. The number of rotatable bonds is 9. The highest BCUT2D eigenvalue weighted by atomic mass is 16.5. The number of hydrogen-bond acceptors (Lipinski definition) is 5. The Morgan fingerprint density at radius 1 is 1.50 bits per heavy atom. The Kier molecular flexibility index (Phi) is 9.06. The quantitative estimate of drug-likeness (QED) is 0.240. The molecule has 1 amide bonds. The molecule has 4 N–H and O–H groups in total. The van der Waals surface area contributed by atoms with Crippen LogP contribution in [0.15, 0.2) is 5.11 Å². The number of alkyl carbamates (subject to hydrolysis) is 1. The highest BCUT2D eigenvalue weighted by molar-refractivity contribution is 5.79. The van der Waals surface area contributed by atoms with E-state index in [2.05, 4.69) is 20.1 Å². The Labute approximate surface area is 104 Å². The normalized spacial score (nSPS) is 11.2. The Morgan fingerprint density at radius 2 is 2.22 bits per heavy atom. The van der Waals surface area contributed by atoms with E-state index < -0.39 is 18.1 Å². The number of nitrogens with zero attached hydrogens (tertiary/aromatic N) is 3. The van der Waals surface area contributed by atoms with Crippen LogP contribution in [0, 0.1) is 0 Å². The van der Waals surface area contributed by atoms with Gasteiger partial charge in [0.15, 0.2) is 0 Å². The van der Waals surface area contributed by atoms with Gasteiger partial charge in [0.05, 0.1) is 13.2 Å². The zero-order chi connectivity index (χ0) is 13.8. The van der Waals surface area contributed by atoms with Crippen LogP contribution in [0.5, 0.6) is 0 Å². The summed E-state index contributed by atoms with van der Waals surface area (Å²) in [5, 5.41) is 14.2. The molecule has 0 aromatic carbocycles. The zero-order valence-electron chi connectivity index (χ0n) is 9.91. The molecule has 0 saturated carbocycles. The van der Waals surface area contributed by atoms with E-state index in [1.54, 1.807) is 0 Å². The topological polar surface area (TPSA) is 150 Å². The summed E-state index contributed by atoms with van der Waals surface area (Å²) in [5.74, 6) is -1.13. The van der Waals surface area contributed by atoms with Crippen molar-refractivity contribution in [1.29, 1.82) is 0 Å². The number of ether oxygens (including phenoxy) is 1. The third-order valence-corrected chi connectivity index (χ3v) is 2.02. The van der Waals surface area contributed by atoms with E-state index >= 15 is 0 Å². The lowest BCUT2D eigenvalue weighted by molar-refractivity contribution is -0.139. The molecular weight excluding hydrogens is 242 g/mol. The maximum Gasteiger partial charge on any atom is 0.407 e. The van der Waals surface area contributed by atoms with Crippen LogP contribution in [0.4, 0.5) is 4.79 Å². The van der Waals surface area contributed by atoms with Gasteiger partial charge in [-0.25, -0.2) is 9.59 Å². The van der Waals surface area contributed by atoms with Crippen molar-refractivity contribution in [3.8, 4) is 0 Å². The number of nitrogens with two attached hydrogens (primary N) is 1. The molecule has 0 aliphatic heterocycles. The van der Waals surface area contributed by atoms with Crippen LogP contribution >= 0.6 is 0 Å². The molecule has 9 heteroatoms. The fourth-order valence-electron chi connectivity index (χ4n) is 1.16. The largest absolute Gasteiger partial charge is 0.480 e. The van der Waals surface area contributed by atoms with Crippen LogP contribution in [-0.4, -0.2) is 42.9 Å². The van der Waals surface area contributed by atoms with E-state index in [0.29, 0.717) is 19.4 Å². The fourth-order valence-corrected chi connectivity index (χ4v) is 1.16. The average Bonchev–Trinajstić information content (AvgIpc) is 2.33. The second kappa shape index (κ2) is 10.2. The van der Waals surface area contributed by atoms with E-state index in [1.165, 1.54) is 0 Å². The summed E-state index contributed by atoms with van der Waals surface area (Å²) in [6.45, 7) is 0.392. The molecule has 0 aliphatic rings. The standard InChI is InChI=1S/C9H17N5O4/c10-4-2-1-3-7(8(15)16)13-9(17)18-6-5-12-14-11/h7H,1-6,10H2,(H,13,17)(H,15,16). The van der Waals surface area contributed by atoms with E-state index in [4.69, 9.17) is 16.4 Å². The lowest BCUT2D eigenvalue weighted by atomic mass is 10.1. The maximum absolute atomic E-state index is 11.2. The molecule has 0 bridgehead atoms. The summed E-state index contributed by atoms with van der Waals surface area (Å²) >= 11 is 0. The van der Waals surface area contributed by atoms with Crippen LogP contribution in [0.2, 0.25) is 0 Å². The van der Waals surface area contributed by atoms with Crippen LogP contribution in [0.3, 0.4) is 0 Å². The SMILES string of the molecule is [N-]=[N+]=NCCOC(=O)NC(CCCCN)C(=O)O. The highest BCUT2D eigenvalue weighted by Crippen LogP contribution is 2.01. The summed E-state index contributed by atoms with van der Waals surface area (Å²) in [6, 6.07) is -0.997. The van der Waals surface area contributed by atoms with Crippen molar-refractivity contribution in [2.45, 2.75) is 25.3 Å². The molecule has 0 rings (SSSR count). The van der Waals surface area contributed by atoms with Crippen molar-refractivity contribution in [3.05, 3.63) is 10.4 Å². The predicted molar refractivity (Wildman–Crippen MR) is 62.8 cm³/mol. The van der Waals surface area contributed by atoms with Gasteiger partial charge >= 0.3 is 12.1 Å². The molecular formula is C9H17N5O4. The van der Waals surface area contributed by atoms with Crippen molar-refractivity contribution in [1.82, 2.24) is 5.32 Å². The number of hydrogen-bond donors (Lipinski definition) is 3. The zero-order valence-corrected chi connectivity index (χ0v) is 9.91. The number of carboxylic acids is 1. The maximum atomic E-state index is 11.2. The molecule has 0 aliphatic carbocycles. The lowest BCUT2D eigenvalue weighted by Crippen LogP contribution is -2.41. The summed E-state index contributed by atoms with van der Waals surface area (Å²) in [6.07, 6.45) is 0.741. The van der Waals surface area contributed by atoms with Gasteiger partial charge in [-0.15, -0.1) is 0 Å². The van der Waals surface area contributed by atoms with Crippen molar-refractivity contribution < 1.29 is 19.4 Å². The minimum Gasteiger partial charge on any atom is -0.480 e. The molecule has 0 heterocycles. The Hall–Kier alpha value is -1.99. The van der Waals surface area contributed by atoms with Crippen molar-refractivity contribution in [2.75, 3.05) is 19.7 Å². The second-order valence-corrected chi connectivity index (χ2v) is 3.41. The number of carbonyl (C=O) groups excluding carboxylic acids is 1. The molecule has 102 valence electrons. The fraction of sp³-hybridized carbons (Fsp3) is 0.778. The smallest absolute Gasteiger partial charge is 0.407 e. The molecule has 18 heavy (non-hydrogen) atoms. The number of aliphatic carboxylic acids is 1. The van der Waals surface area contributed by atoms with Crippen molar-refractivity contribution in [2.24, 2.45) is 10.8 Å². The van der Waals surface area contributed by atoms with Gasteiger partial charge in [-0.1, -0.05) is 5.11 Å². The molecule has 9 nitrogen and oxygen atoms in total. The van der Waals surface area contributed by atoms with Gasteiger partial charge in [-0.3, -0.25) is 0 Å². The van der Waals surface area contributed by atoms with Gasteiger partial charge in [0.1, 0.15) is 6.04 Å². The van der Waals surface area contributed by atoms with Gasteiger partial charge in [-0.05, 0) is 31.3 Å². The lowest BCUT2D eigenvalue weighted by Gasteiger charge is -2.13. The van der Waals surface area contributed by atoms with Crippen LogP contribution in [0.1, 0.15) is 19.3 Å². The first-order chi connectivity index (χ1) is 8.61. The van der Waals surface area contributed by atoms with Crippen molar-refractivity contribution in [3.63, 3.8) is 0 Å². The minimum absolute atomic E-state index is 0.00876. The first-order valence-electron chi connectivity index (χ1n) is 5.48.